The molecule has 4 atom stereocenters. The van der Waals surface area contributed by atoms with Gasteiger partial charge in [0.15, 0.2) is 14.0 Å². The monoisotopic (exact) mass is 1210 g/mol. The smallest absolute Gasteiger partial charge is 0.408 e. The van der Waals surface area contributed by atoms with Gasteiger partial charge in [-0.1, -0.05) is 214 Å². The van der Waals surface area contributed by atoms with E-state index in [-0.39, 0.29) is 48.8 Å². The molecule has 0 saturated heterocycles. The molecule has 0 aliphatic carbocycles. The third kappa shape index (κ3) is 16.3. The fraction of sp³-hybridized carbons (Fsp3) is 0.415. The van der Waals surface area contributed by atoms with Crippen LogP contribution in [0.4, 0.5) is 4.79 Å². The number of alkyl carbamates (subject to hydrolysis) is 1. The van der Waals surface area contributed by atoms with E-state index in [1.807, 2.05) is 173 Å². The van der Waals surface area contributed by atoms with Crippen molar-refractivity contribution in [3.63, 3.8) is 0 Å². The predicted octanol–water partition coefficient (Wildman–Crippen LogP) is 8.14. The van der Waals surface area contributed by atoms with Crippen molar-refractivity contribution in [1.82, 2.24) is 26.3 Å². The molecule has 20 heteroatoms. The van der Waals surface area contributed by atoms with Crippen LogP contribution >= 0.6 is 0 Å². The average molecular weight is 1210 g/mol. The van der Waals surface area contributed by atoms with Crippen LogP contribution in [0.15, 0.2) is 156 Å². The number of nitrogens with zero attached hydrogens (tertiary/aromatic N) is 1. The van der Waals surface area contributed by atoms with E-state index in [9.17, 15) is 24.3 Å². The molecular weight excluding hydrogens is 1130 g/mol. The Morgan fingerprint density at radius 2 is 0.965 bits per heavy atom. The van der Waals surface area contributed by atoms with Crippen molar-refractivity contribution in [3.05, 3.63) is 175 Å². The number of methoxy groups -OCH3 is 1. The number of esters is 1. The molecule has 0 aliphatic heterocycles. The Kier molecular flexibility index (Phi) is 22.1. The lowest BCUT2D eigenvalue weighted by atomic mass is 9.97. The molecular formula is C65H87N5O12Si3. The van der Waals surface area contributed by atoms with E-state index in [0.717, 1.165) is 26.3 Å². The number of aryl methyl sites for hydroxylation is 1. The van der Waals surface area contributed by atoms with Crippen LogP contribution in [0.2, 0.25) is 28.2 Å². The molecule has 17 nitrogen and oxygen atoms in total. The standard InChI is InChI=1S/C65H87N5O12Si3/c1-45-54(57(72)67-53(60(74)77-13)44-81-85(64(8,9)10,49-37-27-19-28-38-49)50-39-29-20-30-40-50)69-59(82-45)52(43-80-84(63(5,6)7,47-33-23-17-24-34-47)48-35-25-18-26-36-48)66-58(73)55(65(11,12)76)70-56(71)51(42-79-83(14,15)62(2,3)4)68-61(75)78-41-46-31-21-16-22-32-46/h16-40,51-53,55,76H,41-44H2,1-15H3,(H,66,73)(H,67,72)(H,68,75)(H,70,71)/t51-,52-,53-,55+/m0/s1. The van der Waals surface area contributed by atoms with Gasteiger partial charge in [0.25, 0.3) is 22.5 Å². The van der Waals surface area contributed by atoms with Gasteiger partial charge in [0.2, 0.25) is 17.7 Å². The highest BCUT2D eigenvalue weighted by molar-refractivity contribution is 7.00. The number of benzene rings is 5. The Morgan fingerprint density at radius 3 is 1.38 bits per heavy atom. The van der Waals surface area contributed by atoms with Gasteiger partial charge in [-0.3, -0.25) is 14.4 Å². The van der Waals surface area contributed by atoms with Crippen LogP contribution in [-0.2, 0) is 43.7 Å². The van der Waals surface area contributed by atoms with Crippen molar-refractivity contribution in [2.45, 2.75) is 148 Å². The molecule has 0 saturated carbocycles. The van der Waals surface area contributed by atoms with E-state index in [4.69, 9.17) is 32.2 Å². The van der Waals surface area contributed by atoms with Gasteiger partial charge in [-0.2, -0.15) is 0 Å². The fourth-order valence-electron chi connectivity index (χ4n) is 10.1. The molecule has 1 heterocycles. The fourth-order valence-corrected chi connectivity index (χ4v) is 20.2. The maximum Gasteiger partial charge on any atom is 0.408 e. The molecule has 5 aromatic carbocycles. The Balaban J connectivity index is 1.38. The number of rotatable bonds is 25. The largest absolute Gasteiger partial charge is 0.467 e. The zero-order valence-electron chi connectivity index (χ0n) is 52.0. The number of aromatic nitrogens is 1. The van der Waals surface area contributed by atoms with Crippen LogP contribution in [0.3, 0.4) is 0 Å². The Morgan fingerprint density at radius 1 is 0.541 bits per heavy atom. The van der Waals surface area contributed by atoms with E-state index >= 15 is 4.79 Å². The van der Waals surface area contributed by atoms with Crippen LogP contribution in [-0.4, -0.2) is 115 Å². The second kappa shape index (κ2) is 28.0. The van der Waals surface area contributed by atoms with Crippen LogP contribution < -0.4 is 42.0 Å². The van der Waals surface area contributed by atoms with Crippen molar-refractivity contribution in [2.24, 2.45) is 0 Å². The Hall–Kier alpha value is -7.05. The number of amides is 4. The number of oxazole rings is 1. The van der Waals surface area contributed by atoms with Gasteiger partial charge < -0.3 is 53.5 Å². The molecule has 0 fully saturated rings. The van der Waals surface area contributed by atoms with Gasteiger partial charge in [0.05, 0.1) is 32.5 Å². The lowest BCUT2D eigenvalue weighted by Crippen LogP contribution is -2.67. The number of hydrogen-bond donors (Lipinski definition) is 5. The minimum atomic E-state index is -3.38. The van der Waals surface area contributed by atoms with E-state index in [2.05, 4.69) is 62.8 Å². The molecule has 0 spiro atoms. The highest BCUT2D eigenvalue weighted by Crippen LogP contribution is 2.39. The van der Waals surface area contributed by atoms with Crippen molar-refractivity contribution in [1.29, 1.82) is 0 Å². The highest BCUT2D eigenvalue weighted by atomic mass is 28.4. The molecule has 6 rings (SSSR count). The second-order valence-electron chi connectivity index (χ2n) is 25.4. The molecule has 456 valence electrons. The first-order chi connectivity index (χ1) is 39.9. The van der Waals surface area contributed by atoms with Gasteiger partial charge in [-0.15, -0.1) is 0 Å². The van der Waals surface area contributed by atoms with Gasteiger partial charge in [-0.05, 0) is 75.3 Å². The van der Waals surface area contributed by atoms with E-state index < -0.39 is 94.6 Å². The molecule has 0 radical (unpaired) electrons. The van der Waals surface area contributed by atoms with Crippen LogP contribution in [0.25, 0.3) is 0 Å². The molecule has 0 bridgehead atoms. The van der Waals surface area contributed by atoms with Crippen LogP contribution in [0.1, 0.15) is 110 Å². The van der Waals surface area contributed by atoms with Crippen LogP contribution in [0.5, 0.6) is 0 Å². The molecule has 0 aliphatic rings. The third-order valence-corrected chi connectivity index (χ3v) is 30.2. The summed E-state index contributed by atoms with van der Waals surface area (Å²) >= 11 is 0. The number of carbonyl (C=O) groups excluding carboxylic acids is 5. The minimum Gasteiger partial charge on any atom is -0.467 e. The summed E-state index contributed by atoms with van der Waals surface area (Å²) in [5.74, 6) is -3.41. The Bertz CT molecular complexity index is 3080. The van der Waals surface area contributed by atoms with Crippen LogP contribution in [0, 0.1) is 6.92 Å². The number of carbonyl (C=O) groups is 5. The summed E-state index contributed by atoms with van der Waals surface area (Å²) in [6.07, 6.45) is -0.906. The quantitative estimate of drug-likeness (QED) is 0.0270. The Labute approximate surface area is 504 Å². The summed E-state index contributed by atoms with van der Waals surface area (Å²) in [6, 6.07) is 42.8. The van der Waals surface area contributed by atoms with Crippen molar-refractivity contribution in [3.8, 4) is 0 Å². The molecule has 85 heavy (non-hydrogen) atoms. The van der Waals surface area contributed by atoms with Crippen molar-refractivity contribution in [2.75, 3.05) is 26.9 Å². The lowest BCUT2D eigenvalue weighted by Gasteiger charge is -2.43. The number of ether oxygens (including phenoxy) is 2. The summed E-state index contributed by atoms with van der Waals surface area (Å²) in [6.45, 7) is 26.0. The van der Waals surface area contributed by atoms with Gasteiger partial charge >= 0.3 is 12.1 Å². The van der Waals surface area contributed by atoms with Crippen molar-refractivity contribution < 1.29 is 56.2 Å². The molecule has 5 N–H and O–H groups in total. The zero-order valence-corrected chi connectivity index (χ0v) is 55.0. The van der Waals surface area contributed by atoms with E-state index in [1.54, 1.807) is 12.1 Å². The van der Waals surface area contributed by atoms with Gasteiger partial charge in [0, 0.05) is 0 Å². The number of hydrogen-bond acceptors (Lipinski definition) is 13. The first-order valence-electron chi connectivity index (χ1n) is 28.7. The molecule has 1 aromatic heterocycles. The normalized spacial score (nSPS) is 14.0. The number of nitrogens with one attached hydrogen (secondary N) is 4. The predicted molar refractivity (Wildman–Crippen MR) is 337 cm³/mol. The molecule has 4 amide bonds. The summed E-state index contributed by atoms with van der Waals surface area (Å²) < 4.78 is 38.1. The minimum absolute atomic E-state index is 0.0378. The van der Waals surface area contributed by atoms with Gasteiger partial charge in [0.1, 0.15) is 36.5 Å². The highest BCUT2D eigenvalue weighted by Gasteiger charge is 2.53. The maximum absolute atomic E-state index is 15.2. The second-order valence-corrected chi connectivity index (χ2v) is 38.9. The first-order valence-corrected chi connectivity index (χ1v) is 35.4. The zero-order chi connectivity index (χ0) is 62.6. The maximum atomic E-state index is 15.2. The van der Waals surface area contributed by atoms with Gasteiger partial charge in [-0.25, -0.2) is 14.6 Å². The molecule has 6 aromatic rings. The number of aliphatic hydroxyl groups is 1. The summed E-state index contributed by atoms with van der Waals surface area (Å²) in [5.41, 5.74) is -1.43. The molecule has 0 unspecified atom stereocenters. The summed E-state index contributed by atoms with van der Waals surface area (Å²) in [4.78, 5) is 76.4. The third-order valence-electron chi connectivity index (χ3n) is 15.7. The van der Waals surface area contributed by atoms with Crippen molar-refractivity contribution >= 4 is 75.5 Å². The topological polar surface area (TPSA) is 226 Å². The average Bonchev–Trinajstić information content (AvgIpc) is 1.42. The lowest BCUT2D eigenvalue weighted by molar-refractivity contribution is -0.143. The SMILES string of the molecule is COC(=O)[C@H](CO[Si](c1ccccc1)(c1ccccc1)C(C)(C)C)NC(=O)c1nc([C@H](CO[Si](c2ccccc2)(c2ccccc2)C(C)(C)C)NC(=O)[C@@H](NC(=O)[C@H](CO[Si](C)(C)C(C)(C)C)NC(=O)OCc2ccccc2)C(C)(C)O)oc1C. The summed E-state index contributed by atoms with van der Waals surface area (Å²) in [7, 11) is -7.92. The summed E-state index contributed by atoms with van der Waals surface area (Å²) in [5, 5.41) is 25.5. The van der Waals surface area contributed by atoms with E-state index in [1.165, 1.54) is 27.9 Å². The van der Waals surface area contributed by atoms with E-state index in [0.29, 0.717) is 0 Å². The first kappa shape index (κ1) is 67.1.